The summed E-state index contributed by atoms with van der Waals surface area (Å²) < 4.78 is 4.11. The molecule has 0 aliphatic rings. The van der Waals surface area contributed by atoms with E-state index in [0.717, 1.165) is 18.5 Å². The van der Waals surface area contributed by atoms with Crippen LogP contribution in [0.1, 0.15) is 55.4 Å². The Hall–Kier alpha value is 0.580. The summed E-state index contributed by atoms with van der Waals surface area (Å²) in [6.07, 6.45) is 6.84. The Morgan fingerprint density at radius 2 is 1.65 bits per heavy atom. The van der Waals surface area contributed by atoms with Crippen LogP contribution in [-0.2, 0) is 20.3 Å². The van der Waals surface area contributed by atoms with Crippen molar-refractivity contribution >= 4 is 22.9 Å². The topological polar surface area (TPSA) is 41.5 Å². The molecule has 0 atom stereocenters. The van der Waals surface area contributed by atoms with Crippen LogP contribution in [0.3, 0.4) is 0 Å². The largest absolute Gasteiger partial charge is 0.691 e. The van der Waals surface area contributed by atoms with E-state index in [1.165, 1.54) is 12.2 Å². The summed E-state index contributed by atoms with van der Waals surface area (Å²) in [5.41, 5.74) is 0. The van der Waals surface area contributed by atoms with Gasteiger partial charge in [-0.25, -0.2) is 0 Å². The fourth-order valence-corrected chi connectivity index (χ4v) is 1.72. The molecule has 0 N–H and O–H groups in total. The van der Waals surface area contributed by atoms with Crippen LogP contribution in [-0.4, -0.2) is 23.0 Å². The summed E-state index contributed by atoms with van der Waals surface area (Å²) in [7, 11) is 0.684. The number of hydrogen-bond donors (Lipinski definition) is 0. The van der Waals surface area contributed by atoms with Crippen LogP contribution in [0.15, 0.2) is 0 Å². The fourth-order valence-electron chi connectivity index (χ4n) is 0.573. The molecule has 0 aliphatic heterocycles. The van der Waals surface area contributed by atoms with Crippen LogP contribution in [0.4, 0.5) is 0 Å². The first-order chi connectivity index (χ1) is 6.89. The zero-order valence-corrected chi connectivity index (χ0v) is 12.3. The van der Waals surface area contributed by atoms with Crippen LogP contribution >= 0.6 is 12.0 Å². The minimum Gasteiger partial charge on any atom is -0.691 e. The zero-order valence-electron chi connectivity index (χ0n) is 10.7. The quantitative estimate of drug-likeness (QED) is 0.324. The van der Waals surface area contributed by atoms with Crippen LogP contribution in [0.5, 0.6) is 0 Å². The summed E-state index contributed by atoms with van der Waals surface area (Å²) in [4.78, 5) is 0. The van der Waals surface area contributed by atoms with Crippen LogP contribution < -0.4 is 5.26 Å². The Balaban J connectivity index is -0.0000000945. The van der Waals surface area contributed by atoms with Gasteiger partial charge in [-0.2, -0.15) is 4.33 Å². The maximum absolute atomic E-state index is 9.35. The molecular formula is C12H32O3S2. The van der Waals surface area contributed by atoms with Crippen molar-refractivity contribution in [3.63, 3.8) is 0 Å². The number of rotatable bonds is 6. The maximum atomic E-state index is 9.35. The van der Waals surface area contributed by atoms with Crippen molar-refractivity contribution in [1.82, 2.24) is 0 Å². The molecule has 0 unspecified atom stereocenters. The second-order valence-corrected chi connectivity index (χ2v) is 7.81. The average molecular weight is 289 g/mol. The van der Waals surface area contributed by atoms with Gasteiger partial charge >= 0.3 is 0 Å². The van der Waals surface area contributed by atoms with Gasteiger partial charge in [-0.05, 0) is 37.6 Å². The Morgan fingerprint density at radius 3 is 1.82 bits per heavy atom. The highest BCUT2D eigenvalue weighted by atomic mass is 32.2. The van der Waals surface area contributed by atoms with Crippen molar-refractivity contribution in [3.8, 4) is 0 Å². The maximum Gasteiger partial charge on any atom is 0.107 e. The third-order valence-corrected chi connectivity index (χ3v) is 3.84. The molecule has 5 heteroatoms. The van der Waals surface area contributed by atoms with E-state index in [9.17, 15) is 5.26 Å². The van der Waals surface area contributed by atoms with E-state index in [4.69, 9.17) is 0 Å². The van der Waals surface area contributed by atoms with Crippen molar-refractivity contribution < 1.29 is 14.6 Å². The molecule has 0 aromatic heterocycles. The van der Waals surface area contributed by atoms with E-state index in [0.29, 0.717) is 10.9 Å². The van der Waals surface area contributed by atoms with E-state index < -0.39 is 0 Å². The molecule has 0 saturated carbocycles. The molecule has 17 heavy (non-hydrogen) atoms. The first-order valence-corrected chi connectivity index (χ1v) is 8.03. The third kappa shape index (κ3) is 26.3. The first kappa shape index (κ1) is 26.2. The summed E-state index contributed by atoms with van der Waals surface area (Å²) in [5, 5.41) is 12.5. The van der Waals surface area contributed by atoms with Gasteiger partial charge < -0.3 is 5.26 Å². The molecule has 110 valence electrons. The summed E-state index contributed by atoms with van der Waals surface area (Å²) >= 11 is 1.04. The van der Waals surface area contributed by atoms with Crippen LogP contribution in [0.2, 0.25) is 0 Å². The van der Waals surface area contributed by atoms with Gasteiger partial charge in [-0.15, -0.1) is 0 Å². The van der Waals surface area contributed by atoms with Gasteiger partial charge in [0.1, 0.15) is 5.75 Å². The van der Waals surface area contributed by atoms with Crippen molar-refractivity contribution in [2.75, 3.05) is 18.3 Å². The molecule has 0 amide bonds. The zero-order chi connectivity index (χ0) is 12.3. The average Bonchev–Trinajstić information content (AvgIpc) is 2.16. The Kier molecular flexibility index (Phi) is 25.6. The van der Waals surface area contributed by atoms with Gasteiger partial charge in [-0.3, -0.25) is 5.04 Å². The molecule has 0 bridgehead atoms. The first-order valence-electron chi connectivity index (χ1n) is 5.08. The Morgan fingerprint density at radius 1 is 1.18 bits per heavy atom. The lowest BCUT2D eigenvalue weighted by atomic mass is 10.1. The third-order valence-electron chi connectivity index (χ3n) is 1.75. The molecule has 0 aromatic rings. The highest BCUT2D eigenvalue weighted by Crippen LogP contribution is 2.27. The van der Waals surface area contributed by atoms with Gasteiger partial charge in [0.2, 0.25) is 0 Å². The van der Waals surface area contributed by atoms with Gasteiger partial charge in [0.15, 0.2) is 0 Å². The lowest BCUT2D eigenvalue weighted by Gasteiger charge is -2.19. The van der Waals surface area contributed by atoms with E-state index in [1.807, 2.05) is 20.8 Å². The molecule has 0 heterocycles. The van der Waals surface area contributed by atoms with E-state index in [-0.39, 0.29) is 19.6 Å². The number of hydrogen-bond acceptors (Lipinski definition) is 4. The molecule has 0 spiro atoms. The highest BCUT2D eigenvalue weighted by Gasteiger charge is 2.16. The van der Waals surface area contributed by atoms with Crippen molar-refractivity contribution in [2.45, 2.75) is 60.1 Å². The summed E-state index contributed by atoms with van der Waals surface area (Å²) in [6.45, 7) is 8.18. The minimum atomic E-state index is -0.0373. The molecule has 0 aliphatic carbocycles. The molecule has 0 saturated heterocycles. The van der Waals surface area contributed by atoms with Gasteiger partial charge in [0.25, 0.3) is 0 Å². The van der Waals surface area contributed by atoms with Crippen LogP contribution in [0.25, 0.3) is 0 Å². The van der Waals surface area contributed by atoms with E-state index in [1.54, 1.807) is 0 Å². The van der Waals surface area contributed by atoms with E-state index >= 15 is 0 Å². The minimum absolute atomic E-state index is 0. The Labute approximate surface area is 116 Å². The van der Waals surface area contributed by atoms with Gasteiger partial charge in [0.05, 0.1) is 12.5 Å². The summed E-state index contributed by atoms with van der Waals surface area (Å²) in [5.74, 6) is 1.40. The molecule has 3 nitrogen and oxygen atoms in total. The monoisotopic (exact) mass is 288 g/mol. The smallest absolute Gasteiger partial charge is 0.107 e. The highest BCUT2D eigenvalue weighted by molar-refractivity contribution is 7.96. The van der Waals surface area contributed by atoms with E-state index in [2.05, 4.69) is 28.8 Å². The predicted octanol–water partition coefficient (Wildman–Crippen LogP) is 3.59. The SMILES string of the molecule is C.C.CCC(C)(C)SOO[O-].CCC[S+](C)C. The lowest BCUT2D eigenvalue weighted by Crippen LogP contribution is -2.15. The van der Waals surface area contributed by atoms with Gasteiger partial charge in [-0.1, -0.05) is 28.7 Å². The normalized spacial score (nSPS) is 9.88. The standard InChI is InChI=1S/C5H12O3S.C5H13S.2CH4/c1-4-5(2,3)9-8-7-6;1-4-5-6(2)3;;/h6H,4H2,1-3H3;4-5H2,1-3H3;2*1H4/q;+1;;/p-1. The van der Waals surface area contributed by atoms with Crippen molar-refractivity contribution in [3.05, 3.63) is 0 Å². The fraction of sp³-hybridized carbons (Fsp3) is 1.00. The van der Waals surface area contributed by atoms with Crippen molar-refractivity contribution in [1.29, 1.82) is 0 Å². The van der Waals surface area contributed by atoms with Gasteiger partial charge in [0, 0.05) is 16.8 Å². The predicted molar refractivity (Wildman–Crippen MR) is 82.0 cm³/mol. The lowest BCUT2D eigenvalue weighted by molar-refractivity contribution is -0.777. The second-order valence-electron chi connectivity index (χ2n) is 4.02. The van der Waals surface area contributed by atoms with Crippen molar-refractivity contribution in [2.24, 2.45) is 0 Å². The molecular weight excluding hydrogens is 256 g/mol. The molecule has 0 fully saturated rings. The molecule has 0 aromatic carbocycles. The second kappa shape index (κ2) is 16.6. The Bertz CT molecular complexity index is 131. The molecule has 0 rings (SSSR count). The molecule has 0 radical (unpaired) electrons. The summed E-state index contributed by atoms with van der Waals surface area (Å²) in [6, 6.07) is 0. The van der Waals surface area contributed by atoms with Crippen LogP contribution in [0, 0.1) is 0 Å².